The van der Waals surface area contributed by atoms with E-state index in [1.807, 2.05) is 0 Å². The minimum atomic E-state index is -5.94. The van der Waals surface area contributed by atoms with Crippen LogP contribution >= 0.6 is 0 Å². The van der Waals surface area contributed by atoms with Crippen molar-refractivity contribution in [1.29, 1.82) is 0 Å². The van der Waals surface area contributed by atoms with Crippen molar-refractivity contribution in [2.75, 3.05) is 6.61 Å². The molecule has 0 aromatic carbocycles. The molecule has 0 aliphatic rings. The van der Waals surface area contributed by atoms with E-state index in [4.69, 9.17) is 18.8 Å². The van der Waals surface area contributed by atoms with Crippen molar-refractivity contribution in [2.45, 2.75) is 9.83 Å². The fourth-order valence-corrected chi connectivity index (χ4v) is 5.16. The Labute approximate surface area is 91.1 Å². The van der Waals surface area contributed by atoms with Gasteiger partial charge in [0.1, 0.15) is 0 Å². The molecule has 0 bridgehead atoms. The first-order valence-electron chi connectivity index (χ1n) is 3.33. The second-order valence-electron chi connectivity index (χ2n) is 2.58. The first-order chi connectivity index (χ1) is 6.81. The van der Waals surface area contributed by atoms with Gasteiger partial charge >= 0.3 is 33.8 Å². The van der Waals surface area contributed by atoms with Gasteiger partial charge in [-0.2, -0.15) is 25.3 Å². The highest BCUT2D eigenvalue weighted by molar-refractivity contribution is 8.21. The van der Waals surface area contributed by atoms with E-state index >= 15 is 0 Å². The van der Waals surface area contributed by atoms with Crippen molar-refractivity contribution < 1.29 is 44.0 Å². The Morgan fingerprint density at radius 3 is 1.06 bits per heavy atom. The molecule has 16 heavy (non-hydrogen) atoms. The van der Waals surface area contributed by atoms with Gasteiger partial charge in [0.05, 0.1) is 0 Å². The zero-order valence-corrected chi connectivity index (χ0v) is 9.83. The Balaban J connectivity index is 6.53. The molecule has 98 valence electrons. The van der Waals surface area contributed by atoms with Gasteiger partial charge in [-0.1, -0.05) is 0 Å². The minimum absolute atomic E-state index is 1.35. The third-order valence-corrected chi connectivity index (χ3v) is 8.36. The molecule has 4 N–H and O–H groups in total. The number of rotatable bonds is 5. The number of hydrogen-bond donors (Lipinski definition) is 4. The van der Waals surface area contributed by atoms with Crippen LogP contribution in [0.4, 0.5) is 0 Å². The van der Waals surface area contributed by atoms with Crippen molar-refractivity contribution in [3.8, 4) is 0 Å². The Bertz CT molecular complexity index is 470. The van der Waals surface area contributed by atoms with E-state index in [-0.39, 0.29) is 0 Å². The quantitative estimate of drug-likeness (QED) is 0.402. The van der Waals surface area contributed by atoms with E-state index in [1.165, 1.54) is 0 Å². The van der Waals surface area contributed by atoms with E-state index < -0.39 is 46.8 Å². The molecular formula is C3H8O10S3. The van der Waals surface area contributed by atoms with Gasteiger partial charge in [0, 0.05) is 13.0 Å². The number of hydrogen-bond acceptors (Lipinski definition) is 7. The maximum Gasteiger partial charge on any atom is 0.347 e. The van der Waals surface area contributed by atoms with Crippen molar-refractivity contribution in [3.05, 3.63) is 0 Å². The summed E-state index contributed by atoms with van der Waals surface area (Å²) in [5.74, 6) is 0. The molecule has 0 fully saturated rings. The summed E-state index contributed by atoms with van der Waals surface area (Å²) in [6.07, 6.45) is -1.65. The van der Waals surface area contributed by atoms with Gasteiger partial charge in [0.15, 0.2) is 0 Å². The van der Waals surface area contributed by atoms with Crippen LogP contribution in [0.15, 0.2) is 0 Å². The maximum atomic E-state index is 10.7. The molecule has 0 atom stereocenters. The van der Waals surface area contributed by atoms with Crippen LogP contribution in [0.3, 0.4) is 0 Å². The molecule has 13 heteroatoms. The van der Waals surface area contributed by atoms with E-state index in [2.05, 4.69) is 0 Å². The summed E-state index contributed by atoms with van der Waals surface area (Å²) < 4.78 is 85.5. The monoisotopic (exact) mass is 300 g/mol. The normalized spacial score (nSPS) is 15.0. The lowest BCUT2D eigenvalue weighted by atomic mass is 10.5. The lowest BCUT2D eigenvalue weighted by molar-refractivity contribution is 0.279. The van der Waals surface area contributed by atoms with Crippen LogP contribution in [-0.4, -0.2) is 54.0 Å². The molecule has 0 aromatic heterocycles. The summed E-state index contributed by atoms with van der Waals surface area (Å²) in [6.45, 7) is -1.35. The van der Waals surface area contributed by atoms with Gasteiger partial charge in [-0.3, -0.25) is 13.7 Å². The summed E-state index contributed by atoms with van der Waals surface area (Å²) in [6, 6.07) is 0. The Morgan fingerprint density at radius 2 is 1.00 bits per heavy atom. The Morgan fingerprint density at radius 1 is 0.750 bits per heavy atom. The summed E-state index contributed by atoms with van der Waals surface area (Å²) in [4.78, 5) is 0. The summed E-state index contributed by atoms with van der Waals surface area (Å²) in [5.41, 5.74) is 0. The van der Waals surface area contributed by atoms with Crippen LogP contribution in [-0.2, 0) is 30.4 Å². The van der Waals surface area contributed by atoms with Gasteiger partial charge in [0.2, 0.25) is 0 Å². The van der Waals surface area contributed by atoms with Crippen molar-refractivity contribution in [2.24, 2.45) is 0 Å². The number of aliphatic hydroxyl groups excluding tert-OH is 1. The molecule has 0 unspecified atom stereocenters. The topological polar surface area (TPSA) is 183 Å². The van der Waals surface area contributed by atoms with E-state index in [9.17, 15) is 25.3 Å². The van der Waals surface area contributed by atoms with E-state index in [1.54, 1.807) is 0 Å². The van der Waals surface area contributed by atoms with Crippen LogP contribution in [0.1, 0.15) is 6.42 Å². The molecule has 0 heterocycles. The molecule has 10 nitrogen and oxygen atoms in total. The Kier molecular flexibility index (Phi) is 4.09. The predicted molar refractivity (Wildman–Crippen MR) is 49.1 cm³/mol. The third kappa shape index (κ3) is 2.34. The van der Waals surface area contributed by atoms with Gasteiger partial charge < -0.3 is 5.11 Å². The molecular weight excluding hydrogens is 292 g/mol. The molecule has 0 saturated heterocycles. The van der Waals surface area contributed by atoms with Crippen LogP contribution in [0.5, 0.6) is 0 Å². The third-order valence-electron chi connectivity index (χ3n) is 1.60. The van der Waals surface area contributed by atoms with Crippen molar-refractivity contribution in [3.63, 3.8) is 0 Å². The standard InChI is InChI=1S/C3H8O10S3/c4-2-1-3(14(5,6)7,15(8,9)10)16(11,12)13/h4H,1-2H2,(H,5,6,7)(H,8,9,10)(H,11,12,13). The second kappa shape index (κ2) is 4.17. The van der Waals surface area contributed by atoms with Crippen molar-refractivity contribution >= 4 is 30.4 Å². The average Bonchev–Trinajstić information content (AvgIpc) is 1.91. The van der Waals surface area contributed by atoms with Crippen LogP contribution in [0.2, 0.25) is 0 Å². The average molecular weight is 300 g/mol. The first kappa shape index (κ1) is 15.7. The fraction of sp³-hybridized carbons (Fsp3) is 1.00. The molecule has 0 amide bonds. The van der Waals surface area contributed by atoms with E-state index in [0.29, 0.717) is 0 Å². The van der Waals surface area contributed by atoms with Gasteiger partial charge in [-0.25, -0.2) is 0 Å². The SMILES string of the molecule is O=S(=O)(O)C(CCO)(S(=O)(=O)O)S(=O)(=O)O. The summed E-state index contributed by atoms with van der Waals surface area (Å²) in [5, 5.41) is 8.37. The smallest absolute Gasteiger partial charge is 0.347 e. The predicted octanol–water partition coefficient (Wildman–Crippen LogP) is -2.31. The zero-order valence-electron chi connectivity index (χ0n) is 7.38. The molecule has 0 aromatic rings. The number of aliphatic hydroxyl groups is 1. The first-order valence-corrected chi connectivity index (χ1v) is 7.65. The van der Waals surface area contributed by atoms with Gasteiger partial charge in [-0.15, -0.1) is 0 Å². The summed E-state index contributed by atoms with van der Waals surface area (Å²) >= 11 is 0. The van der Waals surface area contributed by atoms with Gasteiger partial charge in [0.25, 0.3) is 0 Å². The van der Waals surface area contributed by atoms with Crippen LogP contribution in [0.25, 0.3) is 0 Å². The molecule has 0 saturated carbocycles. The maximum absolute atomic E-state index is 10.7. The van der Waals surface area contributed by atoms with Crippen molar-refractivity contribution in [1.82, 2.24) is 0 Å². The lowest BCUT2D eigenvalue weighted by Gasteiger charge is -2.22. The van der Waals surface area contributed by atoms with Crippen LogP contribution in [0, 0.1) is 0 Å². The van der Waals surface area contributed by atoms with E-state index in [0.717, 1.165) is 0 Å². The Hall–Kier alpha value is -0.310. The highest BCUT2D eigenvalue weighted by atomic mass is 32.3. The molecule has 0 spiro atoms. The van der Waals surface area contributed by atoms with Gasteiger partial charge in [-0.05, 0) is 0 Å². The highest BCUT2D eigenvalue weighted by Gasteiger charge is 2.64. The molecule has 0 radical (unpaired) electrons. The largest absolute Gasteiger partial charge is 0.396 e. The highest BCUT2D eigenvalue weighted by Crippen LogP contribution is 2.32. The lowest BCUT2D eigenvalue weighted by Crippen LogP contribution is -2.52. The summed E-state index contributed by atoms with van der Waals surface area (Å²) in [7, 11) is -17.8. The molecule has 0 rings (SSSR count). The zero-order chi connectivity index (χ0) is 13.4. The fourth-order valence-electron chi connectivity index (χ4n) is 0.923. The second-order valence-corrected chi connectivity index (χ2v) is 8.30. The molecule has 0 aliphatic carbocycles. The van der Waals surface area contributed by atoms with Crippen LogP contribution < -0.4 is 0 Å². The minimum Gasteiger partial charge on any atom is -0.396 e. The molecule has 0 aliphatic heterocycles.